The topological polar surface area (TPSA) is 107 Å². The number of aromatic nitrogens is 1. The molecule has 2 unspecified atom stereocenters. The maximum Gasteiger partial charge on any atom is 0.329 e. The first kappa shape index (κ1) is 20.4. The van der Waals surface area contributed by atoms with E-state index in [4.69, 9.17) is 4.52 Å². The van der Waals surface area contributed by atoms with Gasteiger partial charge in [0.05, 0.1) is 0 Å². The smallest absolute Gasteiger partial charge is 0.329 e. The number of hydrogen-bond donors (Lipinski definition) is 2. The lowest BCUT2D eigenvalue weighted by Crippen LogP contribution is -2.36. The van der Waals surface area contributed by atoms with Crippen LogP contribution in [0.5, 0.6) is 0 Å². The minimum absolute atomic E-state index is 0.0833. The van der Waals surface area contributed by atoms with E-state index in [1.165, 1.54) is 33.7 Å². The highest BCUT2D eigenvalue weighted by Crippen LogP contribution is 2.39. The lowest BCUT2D eigenvalue weighted by Gasteiger charge is -2.24. The van der Waals surface area contributed by atoms with Crippen LogP contribution < -0.4 is 4.90 Å². The largest absolute Gasteiger partial charge is 0.369 e. The average Bonchev–Trinajstić information content (AvgIpc) is 3.03. The number of carbonyl (C=O) groups excluding carboxylic acids is 2. The van der Waals surface area contributed by atoms with Gasteiger partial charge in [-0.05, 0) is 26.7 Å². The fourth-order valence-corrected chi connectivity index (χ4v) is 3.38. The number of ketones is 1. The highest BCUT2D eigenvalue weighted by molar-refractivity contribution is 5.93. The van der Waals surface area contributed by atoms with Crippen molar-refractivity contribution in [3.05, 3.63) is 11.8 Å². The predicted octanol–water partition coefficient (Wildman–Crippen LogP) is 2.39. The summed E-state index contributed by atoms with van der Waals surface area (Å²) < 4.78 is 5.49. The molecule has 0 spiro atoms. The molecule has 0 radical (unpaired) electrons. The molecule has 2 fully saturated rings. The summed E-state index contributed by atoms with van der Waals surface area (Å²) in [5.41, 5.74) is -0.0833. The summed E-state index contributed by atoms with van der Waals surface area (Å²) in [4.78, 5) is 23.7. The molecule has 1 aliphatic carbocycles. The van der Waals surface area contributed by atoms with Gasteiger partial charge in [-0.1, -0.05) is 37.8 Å². The summed E-state index contributed by atoms with van der Waals surface area (Å²) in [5.74, 6) is 1.16. The number of nitrogens with zero attached hydrogens (tertiary/aromatic N) is 3. The standard InChI is InChI=1S/C15H23N3O4.C3H6O/c1-15(7-5-3-4-6-8-15)10-9-11(16-22-10)18-13(20)12(19)17(2)14(18)21;1-3(2)4/h9,12-13,19-20H,3-8H2,1-2H3;1-2H3. The molecule has 3 rings (SSSR count). The number of anilines is 1. The number of urea groups is 1. The van der Waals surface area contributed by atoms with Gasteiger partial charge < -0.3 is 19.5 Å². The van der Waals surface area contributed by atoms with Gasteiger partial charge in [0.1, 0.15) is 11.5 Å². The molecular weight excluding hydrogens is 338 g/mol. The third-order valence-electron chi connectivity index (χ3n) is 4.98. The fraction of sp³-hybridized carbons (Fsp3) is 0.722. The van der Waals surface area contributed by atoms with E-state index in [9.17, 15) is 19.8 Å². The van der Waals surface area contributed by atoms with Crippen LogP contribution in [0.4, 0.5) is 10.6 Å². The first-order valence-electron chi connectivity index (χ1n) is 9.04. The van der Waals surface area contributed by atoms with Crippen molar-refractivity contribution in [2.75, 3.05) is 11.9 Å². The average molecular weight is 367 g/mol. The number of carbonyl (C=O) groups is 2. The molecule has 2 amide bonds. The number of rotatable bonds is 2. The Labute approximate surface area is 153 Å². The molecule has 8 heteroatoms. The van der Waals surface area contributed by atoms with Crippen molar-refractivity contribution in [1.29, 1.82) is 0 Å². The van der Waals surface area contributed by atoms with Crippen LogP contribution in [0, 0.1) is 0 Å². The van der Waals surface area contributed by atoms with Crippen LogP contribution in [-0.2, 0) is 10.2 Å². The summed E-state index contributed by atoms with van der Waals surface area (Å²) in [6.07, 6.45) is 4.23. The van der Waals surface area contributed by atoms with Crippen molar-refractivity contribution in [2.24, 2.45) is 0 Å². The molecule has 146 valence electrons. The van der Waals surface area contributed by atoms with Crippen LogP contribution in [-0.4, -0.2) is 51.6 Å². The number of aliphatic hydroxyl groups is 2. The second-order valence-corrected chi connectivity index (χ2v) is 7.52. The normalized spacial score (nSPS) is 25.5. The van der Waals surface area contributed by atoms with Gasteiger partial charge in [0.15, 0.2) is 18.3 Å². The van der Waals surface area contributed by atoms with Gasteiger partial charge in [-0.3, -0.25) is 4.90 Å². The molecular formula is C18H29N3O5. The zero-order valence-corrected chi connectivity index (χ0v) is 15.9. The second-order valence-electron chi connectivity index (χ2n) is 7.52. The van der Waals surface area contributed by atoms with E-state index in [1.807, 2.05) is 0 Å². The van der Waals surface area contributed by atoms with Crippen LogP contribution in [0.3, 0.4) is 0 Å². The maximum absolute atomic E-state index is 12.1. The molecule has 2 atom stereocenters. The monoisotopic (exact) mass is 367 g/mol. The van der Waals surface area contributed by atoms with E-state index < -0.39 is 18.5 Å². The van der Waals surface area contributed by atoms with Gasteiger partial charge in [-0.2, -0.15) is 0 Å². The molecule has 2 aliphatic rings. The van der Waals surface area contributed by atoms with E-state index in [0.717, 1.165) is 41.2 Å². The molecule has 0 bridgehead atoms. The van der Waals surface area contributed by atoms with Gasteiger partial charge in [0, 0.05) is 18.5 Å². The Hall–Kier alpha value is -1.93. The minimum Gasteiger partial charge on any atom is -0.369 e. The van der Waals surface area contributed by atoms with E-state index >= 15 is 0 Å². The molecule has 1 aromatic rings. The number of aliphatic hydroxyl groups excluding tert-OH is 2. The molecule has 1 aromatic heterocycles. The lowest BCUT2D eigenvalue weighted by atomic mass is 9.80. The number of likely N-dealkylation sites (N-methyl/N-ethyl adjacent to an activating group) is 1. The number of amides is 2. The van der Waals surface area contributed by atoms with Crippen LogP contribution >= 0.6 is 0 Å². The Balaban J connectivity index is 0.000000552. The molecule has 1 saturated heterocycles. The van der Waals surface area contributed by atoms with Crippen molar-refractivity contribution in [2.45, 2.75) is 77.2 Å². The fourth-order valence-electron chi connectivity index (χ4n) is 3.38. The number of Topliss-reactive ketones (excluding diaryl/α,β-unsaturated/α-hetero) is 1. The highest BCUT2D eigenvalue weighted by atomic mass is 16.5. The maximum atomic E-state index is 12.1. The third kappa shape index (κ3) is 4.24. The van der Waals surface area contributed by atoms with Crippen LogP contribution in [0.1, 0.15) is 65.1 Å². The van der Waals surface area contributed by atoms with E-state index in [2.05, 4.69) is 12.1 Å². The van der Waals surface area contributed by atoms with Crippen LogP contribution in [0.2, 0.25) is 0 Å². The Morgan fingerprint density at radius 3 is 2.19 bits per heavy atom. The van der Waals surface area contributed by atoms with E-state index in [-0.39, 0.29) is 17.0 Å². The van der Waals surface area contributed by atoms with Crippen molar-refractivity contribution in [1.82, 2.24) is 10.1 Å². The Morgan fingerprint density at radius 2 is 1.73 bits per heavy atom. The van der Waals surface area contributed by atoms with Gasteiger partial charge in [-0.15, -0.1) is 0 Å². The molecule has 2 heterocycles. The van der Waals surface area contributed by atoms with Crippen LogP contribution in [0.15, 0.2) is 10.6 Å². The van der Waals surface area contributed by atoms with Gasteiger partial charge in [0.2, 0.25) is 0 Å². The van der Waals surface area contributed by atoms with Crippen LogP contribution in [0.25, 0.3) is 0 Å². The van der Waals surface area contributed by atoms with Crippen molar-refractivity contribution < 1.29 is 24.3 Å². The molecule has 2 N–H and O–H groups in total. The summed E-state index contributed by atoms with van der Waals surface area (Å²) in [6.45, 7) is 5.21. The first-order chi connectivity index (χ1) is 12.2. The molecule has 1 aliphatic heterocycles. The zero-order chi connectivity index (χ0) is 19.5. The number of hydrogen-bond acceptors (Lipinski definition) is 6. The quantitative estimate of drug-likeness (QED) is 0.777. The zero-order valence-electron chi connectivity index (χ0n) is 15.9. The van der Waals surface area contributed by atoms with Crippen molar-refractivity contribution in [3.8, 4) is 0 Å². The highest BCUT2D eigenvalue weighted by Gasteiger charge is 2.45. The molecule has 8 nitrogen and oxygen atoms in total. The lowest BCUT2D eigenvalue weighted by molar-refractivity contribution is -0.115. The summed E-state index contributed by atoms with van der Waals surface area (Å²) in [6, 6.07) is 1.23. The second kappa shape index (κ2) is 8.18. The van der Waals surface area contributed by atoms with E-state index in [0.29, 0.717) is 0 Å². The van der Waals surface area contributed by atoms with Gasteiger partial charge in [0.25, 0.3) is 0 Å². The minimum atomic E-state index is -1.34. The van der Waals surface area contributed by atoms with Gasteiger partial charge in [-0.25, -0.2) is 9.69 Å². The summed E-state index contributed by atoms with van der Waals surface area (Å²) in [5, 5.41) is 23.7. The molecule has 1 saturated carbocycles. The molecule has 26 heavy (non-hydrogen) atoms. The summed E-state index contributed by atoms with van der Waals surface area (Å²) >= 11 is 0. The van der Waals surface area contributed by atoms with E-state index in [1.54, 1.807) is 6.07 Å². The Morgan fingerprint density at radius 1 is 1.19 bits per heavy atom. The van der Waals surface area contributed by atoms with Crippen molar-refractivity contribution >= 4 is 17.6 Å². The SMILES string of the molecule is CC(C)=O.CN1C(=O)N(c2cc(C3(C)CCCCCC3)on2)C(O)C1O. The summed E-state index contributed by atoms with van der Waals surface area (Å²) in [7, 11) is 1.43. The van der Waals surface area contributed by atoms with Gasteiger partial charge >= 0.3 is 6.03 Å². The Kier molecular flexibility index (Phi) is 6.41. The predicted molar refractivity (Wildman–Crippen MR) is 95.6 cm³/mol. The Bertz CT molecular complexity index is 633. The third-order valence-corrected chi connectivity index (χ3v) is 4.98. The molecule has 0 aromatic carbocycles. The van der Waals surface area contributed by atoms with Crippen molar-refractivity contribution in [3.63, 3.8) is 0 Å². The first-order valence-corrected chi connectivity index (χ1v) is 9.04.